The number of amides is 1. The Morgan fingerprint density at radius 3 is 2.77 bits per heavy atom. The molecule has 30 heavy (non-hydrogen) atoms. The number of nitrogens with zero attached hydrogens (tertiary/aromatic N) is 3. The van der Waals surface area contributed by atoms with Crippen LogP contribution in [0.2, 0.25) is 0 Å². The second-order valence-electron chi connectivity index (χ2n) is 8.03. The minimum absolute atomic E-state index is 0.102. The van der Waals surface area contributed by atoms with Gasteiger partial charge in [-0.15, -0.1) is 0 Å². The first-order valence-electron chi connectivity index (χ1n) is 10.6. The molecule has 3 aromatic rings. The summed E-state index contributed by atoms with van der Waals surface area (Å²) in [5.41, 5.74) is 3.34. The highest BCUT2D eigenvalue weighted by Gasteiger charge is 2.24. The predicted molar refractivity (Wildman–Crippen MR) is 116 cm³/mol. The molecule has 2 aliphatic rings. The number of hydrogen-bond acceptors (Lipinski definition) is 4. The first kappa shape index (κ1) is 18.9. The molecule has 0 radical (unpaired) electrons. The van der Waals surface area contributed by atoms with Crippen LogP contribution in [0.3, 0.4) is 0 Å². The van der Waals surface area contributed by atoms with Crippen LogP contribution in [0.5, 0.6) is 5.75 Å². The first-order chi connectivity index (χ1) is 14.8. The number of benzene rings is 2. The number of piperidine rings is 1. The summed E-state index contributed by atoms with van der Waals surface area (Å²) in [7, 11) is 0. The van der Waals surface area contributed by atoms with E-state index in [-0.39, 0.29) is 5.91 Å². The molecule has 3 heterocycles. The minimum atomic E-state index is -0.102. The number of fused-ring (bicyclic) bond motifs is 1. The van der Waals surface area contributed by atoms with E-state index in [2.05, 4.69) is 33.5 Å². The monoisotopic (exact) mass is 402 g/mol. The van der Waals surface area contributed by atoms with Crippen LogP contribution in [0.4, 0.5) is 5.82 Å². The zero-order chi connectivity index (χ0) is 20.3. The van der Waals surface area contributed by atoms with Gasteiger partial charge in [-0.05, 0) is 42.2 Å². The van der Waals surface area contributed by atoms with Gasteiger partial charge in [-0.25, -0.2) is 4.68 Å². The third kappa shape index (κ3) is 3.96. The van der Waals surface area contributed by atoms with Crippen LogP contribution in [0, 0.1) is 0 Å². The molecule has 0 aliphatic carbocycles. The molecule has 1 aromatic heterocycles. The van der Waals surface area contributed by atoms with Crippen LogP contribution >= 0.6 is 0 Å². The van der Waals surface area contributed by atoms with Crippen molar-refractivity contribution in [3.8, 4) is 5.75 Å². The number of carbonyl (C=O) groups excluding carboxylic acids is 1. The van der Waals surface area contributed by atoms with Gasteiger partial charge in [0.15, 0.2) is 0 Å². The normalized spacial score (nSPS) is 16.8. The summed E-state index contributed by atoms with van der Waals surface area (Å²) < 4.78 is 7.59. The SMILES string of the molecule is O=C(Nc1ccnn1C1CCN(Cc2ccc3c(c2)CCO3)CC1)c1ccccc1. The number of rotatable bonds is 5. The second kappa shape index (κ2) is 8.32. The number of likely N-dealkylation sites (tertiary alicyclic amines) is 1. The van der Waals surface area contributed by atoms with Gasteiger partial charge in [0.25, 0.3) is 5.91 Å². The van der Waals surface area contributed by atoms with Gasteiger partial charge in [0.05, 0.1) is 18.8 Å². The van der Waals surface area contributed by atoms with Gasteiger partial charge < -0.3 is 10.1 Å². The highest BCUT2D eigenvalue weighted by molar-refractivity contribution is 6.03. The van der Waals surface area contributed by atoms with Crippen molar-refractivity contribution >= 4 is 11.7 Å². The lowest BCUT2D eigenvalue weighted by Gasteiger charge is -2.32. The topological polar surface area (TPSA) is 59.4 Å². The summed E-state index contributed by atoms with van der Waals surface area (Å²) in [4.78, 5) is 15.0. The van der Waals surface area contributed by atoms with E-state index >= 15 is 0 Å². The smallest absolute Gasteiger partial charge is 0.256 e. The van der Waals surface area contributed by atoms with Crippen molar-refractivity contribution in [1.29, 1.82) is 0 Å². The van der Waals surface area contributed by atoms with Crippen LogP contribution in [0.1, 0.15) is 40.4 Å². The summed E-state index contributed by atoms with van der Waals surface area (Å²) >= 11 is 0. The average molecular weight is 402 g/mol. The molecule has 1 N–H and O–H groups in total. The van der Waals surface area contributed by atoms with Crippen LogP contribution < -0.4 is 10.1 Å². The van der Waals surface area contributed by atoms with Crippen molar-refractivity contribution in [3.05, 3.63) is 77.5 Å². The maximum atomic E-state index is 12.5. The molecular formula is C24H26N4O2. The molecule has 6 nitrogen and oxygen atoms in total. The third-order valence-corrected chi connectivity index (χ3v) is 6.01. The summed E-state index contributed by atoms with van der Waals surface area (Å²) in [5, 5.41) is 7.52. The quantitative estimate of drug-likeness (QED) is 0.703. The van der Waals surface area contributed by atoms with E-state index in [1.165, 1.54) is 11.1 Å². The van der Waals surface area contributed by atoms with Gasteiger partial charge in [0, 0.05) is 37.7 Å². The van der Waals surface area contributed by atoms with E-state index in [0.29, 0.717) is 11.6 Å². The van der Waals surface area contributed by atoms with E-state index in [9.17, 15) is 4.79 Å². The van der Waals surface area contributed by atoms with Crippen LogP contribution in [-0.2, 0) is 13.0 Å². The Labute approximate surface area is 176 Å². The molecular weight excluding hydrogens is 376 g/mol. The third-order valence-electron chi connectivity index (χ3n) is 6.01. The summed E-state index contributed by atoms with van der Waals surface area (Å²) in [6, 6.07) is 18.0. The highest BCUT2D eigenvalue weighted by Crippen LogP contribution is 2.29. The summed E-state index contributed by atoms with van der Waals surface area (Å²) in [6.07, 6.45) is 4.81. The van der Waals surface area contributed by atoms with Gasteiger partial charge in [-0.2, -0.15) is 5.10 Å². The Bertz CT molecular complexity index is 1020. The van der Waals surface area contributed by atoms with Gasteiger partial charge in [0.2, 0.25) is 0 Å². The number of ether oxygens (including phenoxy) is 1. The molecule has 2 aromatic carbocycles. The molecule has 1 fully saturated rings. The lowest BCUT2D eigenvalue weighted by Crippen LogP contribution is -2.35. The lowest BCUT2D eigenvalue weighted by molar-refractivity contribution is 0.102. The number of aromatic nitrogens is 2. The van der Waals surface area contributed by atoms with Gasteiger partial charge in [-0.3, -0.25) is 9.69 Å². The fourth-order valence-electron chi connectivity index (χ4n) is 4.40. The Hall–Kier alpha value is -3.12. The molecule has 1 saturated heterocycles. The number of hydrogen-bond donors (Lipinski definition) is 1. The van der Waals surface area contributed by atoms with E-state index in [1.807, 2.05) is 41.1 Å². The molecule has 1 amide bonds. The standard InChI is InChI=1S/C24H26N4O2/c29-24(19-4-2-1-3-5-19)26-23-8-12-25-28(23)21-9-13-27(14-10-21)17-18-6-7-22-20(16-18)11-15-30-22/h1-8,12,16,21H,9-11,13-15,17H2,(H,26,29). The fraction of sp³-hybridized carbons (Fsp3) is 0.333. The van der Waals surface area contributed by atoms with Crippen molar-refractivity contribution in [2.24, 2.45) is 0 Å². The van der Waals surface area contributed by atoms with E-state index in [4.69, 9.17) is 4.74 Å². The van der Waals surface area contributed by atoms with Gasteiger partial charge in [-0.1, -0.05) is 30.3 Å². The number of nitrogens with one attached hydrogen (secondary N) is 1. The summed E-state index contributed by atoms with van der Waals surface area (Å²) in [5.74, 6) is 1.71. The van der Waals surface area contributed by atoms with Crippen molar-refractivity contribution in [3.63, 3.8) is 0 Å². The Morgan fingerprint density at radius 1 is 1.10 bits per heavy atom. The van der Waals surface area contributed by atoms with E-state index in [0.717, 1.165) is 57.1 Å². The Balaban J connectivity index is 1.19. The molecule has 0 unspecified atom stereocenters. The zero-order valence-electron chi connectivity index (χ0n) is 17.0. The fourth-order valence-corrected chi connectivity index (χ4v) is 4.40. The molecule has 154 valence electrons. The van der Waals surface area contributed by atoms with Gasteiger partial charge >= 0.3 is 0 Å². The Morgan fingerprint density at radius 2 is 1.93 bits per heavy atom. The lowest BCUT2D eigenvalue weighted by atomic mass is 10.0. The zero-order valence-corrected chi connectivity index (χ0v) is 17.0. The van der Waals surface area contributed by atoms with Crippen molar-refractivity contribution in [2.75, 3.05) is 25.0 Å². The minimum Gasteiger partial charge on any atom is -0.493 e. The van der Waals surface area contributed by atoms with Crippen molar-refractivity contribution < 1.29 is 9.53 Å². The molecule has 0 spiro atoms. The molecule has 0 atom stereocenters. The number of carbonyl (C=O) groups is 1. The maximum absolute atomic E-state index is 12.5. The maximum Gasteiger partial charge on any atom is 0.256 e. The van der Waals surface area contributed by atoms with Gasteiger partial charge in [0.1, 0.15) is 11.6 Å². The number of anilines is 1. The average Bonchev–Trinajstić information content (AvgIpc) is 3.44. The van der Waals surface area contributed by atoms with Crippen LogP contribution in [0.25, 0.3) is 0 Å². The molecule has 5 rings (SSSR count). The Kier molecular flexibility index (Phi) is 5.24. The predicted octanol–water partition coefficient (Wildman–Crippen LogP) is 3.91. The highest BCUT2D eigenvalue weighted by atomic mass is 16.5. The summed E-state index contributed by atoms with van der Waals surface area (Å²) in [6.45, 7) is 3.81. The van der Waals surface area contributed by atoms with Crippen LogP contribution in [-0.4, -0.2) is 40.3 Å². The van der Waals surface area contributed by atoms with Crippen molar-refractivity contribution in [1.82, 2.24) is 14.7 Å². The van der Waals surface area contributed by atoms with Crippen LogP contribution in [0.15, 0.2) is 60.8 Å². The first-order valence-corrected chi connectivity index (χ1v) is 10.6. The molecule has 0 saturated carbocycles. The largest absolute Gasteiger partial charge is 0.493 e. The van der Waals surface area contributed by atoms with E-state index < -0.39 is 0 Å². The molecule has 0 bridgehead atoms. The van der Waals surface area contributed by atoms with Crippen molar-refractivity contribution in [2.45, 2.75) is 31.8 Å². The second-order valence-corrected chi connectivity index (χ2v) is 8.03. The molecule has 2 aliphatic heterocycles. The molecule has 6 heteroatoms. The van der Waals surface area contributed by atoms with E-state index in [1.54, 1.807) is 6.20 Å².